The maximum absolute atomic E-state index is 5.42. The Balaban J connectivity index is 0. The van der Waals surface area contributed by atoms with Crippen molar-refractivity contribution in [2.45, 2.75) is 80.5 Å². The lowest BCUT2D eigenvalue weighted by molar-refractivity contribution is -0.0288. The number of nitrogens with zero attached hydrogens (tertiary/aromatic N) is 2. The van der Waals surface area contributed by atoms with Crippen LogP contribution in [0.1, 0.15) is 62.3 Å². The molecule has 0 aromatic carbocycles. The van der Waals surface area contributed by atoms with Gasteiger partial charge in [0.1, 0.15) is 0 Å². The van der Waals surface area contributed by atoms with Gasteiger partial charge in [-0.3, -0.25) is 9.80 Å². The number of rotatable bonds is 2. The first-order valence-electron chi connectivity index (χ1n) is 9.72. The molecule has 2 fully saturated rings. The lowest BCUT2D eigenvalue weighted by Gasteiger charge is -2.33. The topological polar surface area (TPSA) is 24.9 Å². The van der Waals surface area contributed by atoms with E-state index in [0.29, 0.717) is 18.2 Å². The van der Waals surface area contributed by atoms with Crippen LogP contribution >= 0.6 is 0 Å². The van der Waals surface area contributed by atoms with E-state index in [-0.39, 0.29) is 0 Å². The van der Waals surface area contributed by atoms with Crippen molar-refractivity contribution in [3.8, 4) is 0 Å². The van der Waals surface area contributed by atoms with Crippen LogP contribution in [0.2, 0.25) is 0 Å². The van der Waals surface area contributed by atoms with Crippen molar-refractivity contribution in [2.24, 2.45) is 0 Å². The SMILES string of the molecule is CC.CC.CC1CN(C(C)C)CCO1.CCN1CCOCC1C. The van der Waals surface area contributed by atoms with Crippen LogP contribution in [-0.4, -0.2) is 74.0 Å². The average Bonchev–Trinajstić information content (AvgIpc) is 2.59. The Labute approximate surface area is 146 Å². The summed E-state index contributed by atoms with van der Waals surface area (Å²) in [7, 11) is 0. The first kappa shape index (κ1) is 25.1. The fourth-order valence-electron chi connectivity index (χ4n) is 2.55. The van der Waals surface area contributed by atoms with Gasteiger partial charge >= 0.3 is 0 Å². The minimum atomic E-state index is 0.427. The second-order valence-corrected chi connectivity index (χ2v) is 5.82. The monoisotopic (exact) mass is 332 g/mol. The number of hydrogen-bond donors (Lipinski definition) is 0. The van der Waals surface area contributed by atoms with E-state index in [1.807, 2.05) is 27.7 Å². The molecule has 0 aliphatic carbocycles. The lowest BCUT2D eigenvalue weighted by atomic mass is 10.2. The van der Waals surface area contributed by atoms with Gasteiger partial charge in [0, 0.05) is 31.7 Å². The van der Waals surface area contributed by atoms with Crippen LogP contribution in [0.4, 0.5) is 0 Å². The average molecular weight is 333 g/mol. The zero-order chi connectivity index (χ0) is 18.3. The highest BCUT2D eigenvalue weighted by molar-refractivity contribution is 4.70. The maximum Gasteiger partial charge on any atom is 0.0674 e. The highest BCUT2D eigenvalue weighted by Crippen LogP contribution is 2.07. The Morgan fingerprint density at radius 1 is 1.00 bits per heavy atom. The highest BCUT2D eigenvalue weighted by atomic mass is 16.5. The van der Waals surface area contributed by atoms with Crippen LogP contribution in [0, 0.1) is 0 Å². The van der Waals surface area contributed by atoms with Gasteiger partial charge in [-0.2, -0.15) is 0 Å². The summed E-state index contributed by atoms with van der Waals surface area (Å²) in [6.45, 7) is 26.2. The third kappa shape index (κ3) is 11.9. The van der Waals surface area contributed by atoms with Gasteiger partial charge in [0.2, 0.25) is 0 Å². The molecule has 2 aliphatic rings. The van der Waals surface area contributed by atoms with Gasteiger partial charge in [-0.15, -0.1) is 0 Å². The van der Waals surface area contributed by atoms with Gasteiger partial charge in [0.15, 0.2) is 0 Å². The summed E-state index contributed by atoms with van der Waals surface area (Å²) in [5, 5.41) is 0. The minimum absolute atomic E-state index is 0.427. The zero-order valence-electron chi connectivity index (χ0n) is 17.4. The summed E-state index contributed by atoms with van der Waals surface area (Å²) in [4.78, 5) is 4.89. The van der Waals surface area contributed by atoms with Crippen LogP contribution in [0.5, 0.6) is 0 Å². The molecule has 142 valence electrons. The van der Waals surface area contributed by atoms with Gasteiger partial charge in [0.05, 0.1) is 25.9 Å². The van der Waals surface area contributed by atoms with Crippen LogP contribution in [-0.2, 0) is 9.47 Å². The number of likely N-dealkylation sites (N-methyl/N-ethyl adjacent to an activating group) is 1. The number of hydrogen-bond acceptors (Lipinski definition) is 4. The summed E-state index contributed by atoms with van der Waals surface area (Å²) in [5.74, 6) is 0. The Morgan fingerprint density at radius 3 is 1.96 bits per heavy atom. The second kappa shape index (κ2) is 16.7. The molecule has 0 N–H and O–H groups in total. The van der Waals surface area contributed by atoms with Crippen molar-refractivity contribution in [1.82, 2.24) is 9.80 Å². The summed E-state index contributed by atoms with van der Waals surface area (Å²) < 4.78 is 10.7. The standard InChI is InChI=1S/C8H17NO.C7H15NO.2C2H6/c1-7(2)9-4-5-10-8(3)6-9;1-3-8-4-5-9-6-7(8)2;2*1-2/h7-8H,4-6H2,1-3H3;7H,3-6H2,1-2H3;2*1-2H3. The molecule has 0 saturated carbocycles. The van der Waals surface area contributed by atoms with Crippen molar-refractivity contribution < 1.29 is 9.47 Å². The Bertz CT molecular complexity index is 237. The summed E-state index contributed by atoms with van der Waals surface area (Å²) in [6, 6.07) is 1.30. The Kier molecular flexibility index (Phi) is 18.2. The molecule has 0 spiro atoms. The van der Waals surface area contributed by atoms with Gasteiger partial charge in [-0.05, 0) is 34.2 Å². The third-order valence-corrected chi connectivity index (χ3v) is 3.91. The molecule has 0 amide bonds. The van der Waals surface area contributed by atoms with Crippen molar-refractivity contribution in [3.63, 3.8) is 0 Å². The molecule has 2 rings (SSSR count). The molecule has 2 unspecified atom stereocenters. The van der Waals surface area contributed by atoms with E-state index < -0.39 is 0 Å². The fraction of sp³-hybridized carbons (Fsp3) is 1.00. The van der Waals surface area contributed by atoms with Crippen molar-refractivity contribution in [1.29, 1.82) is 0 Å². The van der Waals surface area contributed by atoms with E-state index in [2.05, 4.69) is 44.4 Å². The second-order valence-electron chi connectivity index (χ2n) is 5.82. The molecule has 2 atom stereocenters. The molecular formula is C19H44N2O2. The van der Waals surface area contributed by atoms with E-state index in [1.165, 1.54) is 0 Å². The van der Waals surface area contributed by atoms with Crippen molar-refractivity contribution >= 4 is 0 Å². The molecule has 4 nitrogen and oxygen atoms in total. The number of morpholine rings is 2. The molecule has 0 aromatic heterocycles. The van der Waals surface area contributed by atoms with Gasteiger partial charge in [0.25, 0.3) is 0 Å². The molecule has 2 aliphatic heterocycles. The van der Waals surface area contributed by atoms with E-state index in [0.717, 1.165) is 46.0 Å². The summed E-state index contributed by atoms with van der Waals surface area (Å²) in [6.07, 6.45) is 0.427. The highest BCUT2D eigenvalue weighted by Gasteiger charge is 2.18. The molecule has 0 aromatic rings. The van der Waals surface area contributed by atoms with E-state index in [4.69, 9.17) is 9.47 Å². The Morgan fingerprint density at radius 2 is 1.61 bits per heavy atom. The first-order valence-corrected chi connectivity index (χ1v) is 9.72. The first-order chi connectivity index (χ1) is 11.0. The van der Waals surface area contributed by atoms with Gasteiger partial charge in [-0.25, -0.2) is 0 Å². The van der Waals surface area contributed by atoms with Gasteiger partial charge < -0.3 is 9.47 Å². The van der Waals surface area contributed by atoms with E-state index in [9.17, 15) is 0 Å². The third-order valence-electron chi connectivity index (χ3n) is 3.91. The lowest BCUT2D eigenvalue weighted by Crippen LogP contribution is -2.44. The zero-order valence-corrected chi connectivity index (χ0v) is 17.4. The van der Waals surface area contributed by atoms with Crippen molar-refractivity contribution in [2.75, 3.05) is 46.0 Å². The maximum atomic E-state index is 5.42. The van der Waals surface area contributed by atoms with E-state index in [1.54, 1.807) is 0 Å². The normalized spacial score (nSPS) is 25.3. The predicted octanol–water partition coefficient (Wildman–Crippen LogP) is 3.89. The molecule has 2 heterocycles. The molecule has 0 bridgehead atoms. The summed E-state index contributed by atoms with van der Waals surface area (Å²) in [5.41, 5.74) is 0. The van der Waals surface area contributed by atoms with E-state index >= 15 is 0 Å². The molecule has 4 heteroatoms. The molecular weight excluding hydrogens is 288 g/mol. The molecule has 2 saturated heterocycles. The number of ether oxygens (including phenoxy) is 2. The largest absolute Gasteiger partial charge is 0.379 e. The summed E-state index contributed by atoms with van der Waals surface area (Å²) >= 11 is 0. The van der Waals surface area contributed by atoms with Crippen LogP contribution < -0.4 is 0 Å². The van der Waals surface area contributed by atoms with Gasteiger partial charge in [-0.1, -0.05) is 34.6 Å². The van der Waals surface area contributed by atoms with Crippen molar-refractivity contribution in [3.05, 3.63) is 0 Å². The molecule has 23 heavy (non-hydrogen) atoms. The van der Waals surface area contributed by atoms with Crippen LogP contribution in [0.25, 0.3) is 0 Å². The smallest absolute Gasteiger partial charge is 0.0674 e. The van der Waals surface area contributed by atoms with Crippen LogP contribution in [0.15, 0.2) is 0 Å². The quantitative estimate of drug-likeness (QED) is 0.766. The minimum Gasteiger partial charge on any atom is -0.379 e. The molecule has 0 radical (unpaired) electrons. The fourth-order valence-corrected chi connectivity index (χ4v) is 2.55. The Hall–Kier alpha value is -0.160. The van der Waals surface area contributed by atoms with Crippen LogP contribution in [0.3, 0.4) is 0 Å². The predicted molar refractivity (Wildman–Crippen MR) is 102 cm³/mol.